The van der Waals surface area contributed by atoms with Crippen molar-refractivity contribution in [3.8, 4) is 0 Å². The number of aliphatic hydroxyl groups is 1. The van der Waals surface area contributed by atoms with Crippen LogP contribution < -0.4 is 0 Å². The molecule has 0 amide bonds. The Bertz CT molecular complexity index is 185. The molecular weight excluding hydrogens is 202 g/mol. The average molecular weight is 229 g/mol. The van der Waals surface area contributed by atoms with Crippen LogP contribution in [0.5, 0.6) is 0 Å². The highest BCUT2D eigenvalue weighted by molar-refractivity contribution is 4.78. The van der Waals surface area contributed by atoms with Crippen LogP contribution in [0.2, 0.25) is 0 Å². The Balaban J connectivity index is 2.39. The molecule has 2 unspecified atom stereocenters. The molecule has 1 fully saturated rings. The summed E-state index contributed by atoms with van der Waals surface area (Å²) >= 11 is 0. The standard InChI is InChI=1S/C13H27NO2/c1-11(2)14(8-9-16-3)10-12-6-4-5-7-13(12)15/h11-13,15H,4-10H2,1-3H3. The van der Waals surface area contributed by atoms with Gasteiger partial charge in [0.05, 0.1) is 12.7 Å². The normalized spacial score (nSPS) is 26.6. The quantitative estimate of drug-likeness (QED) is 0.755. The first-order valence-corrected chi connectivity index (χ1v) is 6.56. The predicted molar refractivity (Wildman–Crippen MR) is 66.5 cm³/mol. The molecule has 1 rings (SSSR count). The largest absolute Gasteiger partial charge is 0.393 e. The minimum Gasteiger partial charge on any atom is -0.393 e. The third-order valence-electron chi connectivity index (χ3n) is 3.65. The van der Waals surface area contributed by atoms with Crippen LogP contribution in [-0.2, 0) is 4.74 Å². The number of ether oxygens (including phenoxy) is 1. The van der Waals surface area contributed by atoms with E-state index in [4.69, 9.17) is 4.74 Å². The van der Waals surface area contributed by atoms with Gasteiger partial charge in [-0.1, -0.05) is 12.8 Å². The minimum absolute atomic E-state index is 0.0856. The van der Waals surface area contributed by atoms with Crippen LogP contribution >= 0.6 is 0 Å². The van der Waals surface area contributed by atoms with Crippen LogP contribution in [0.4, 0.5) is 0 Å². The highest BCUT2D eigenvalue weighted by Crippen LogP contribution is 2.25. The lowest BCUT2D eigenvalue weighted by molar-refractivity contribution is 0.0321. The fraction of sp³-hybridized carbons (Fsp3) is 1.00. The summed E-state index contributed by atoms with van der Waals surface area (Å²) in [4.78, 5) is 2.42. The van der Waals surface area contributed by atoms with E-state index in [2.05, 4.69) is 18.7 Å². The molecule has 96 valence electrons. The summed E-state index contributed by atoms with van der Waals surface area (Å²) in [5.41, 5.74) is 0. The van der Waals surface area contributed by atoms with Gasteiger partial charge in [-0.2, -0.15) is 0 Å². The Morgan fingerprint density at radius 1 is 1.31 bits per heavy atom. The molecule has 1 N–H and O–H groups in total. The smallest absolute Gasteiger partial charge is 0.0589 e. The molecule has 0 aromatic carbocycles. The Labute approximate surface area is 99.8 Å². The summed E-state index contributed by atoms with van der Waals surface area (Å²) in [6.07, 6.45) is 4.55. The van der Waals surface area contributed by atoms with Gasteiger partial charge in [-0.05, 0) is 32.6 Å². The summed E-state index contributed by atoms with van der Waals surface area (Å²) in [5, 5.41) is 9.97. The van der Waals surface area contributed by atoms with Gasteiger partial charge >= 0.3 is 0 Å². The number of methoxy groups -OCH3 is 1. The first-order valence-electron chi connectivity index (χ1n) is 6.56. The Morgan fingerprint density at radius 2 is 2.00 bits per heavy atom. The van der Waals surface area contributed by atoms with Crippen molar-refractivity contribution < 1.29 is 9.84 Å². The summed E-state index contributed by atoms with van der Waals surface area (Å²) in [5.74, 6) is 0.466. The van der Waals surface area contributed by atoms with Crippen molar-refractivity contribution >= 4 is 0 Å². The lowest BCUT2D eigenvalue weighted by Crippen LogP contribution is -2.41. The van der Waals surface area contributed by atoms with E-state index in [9.17, 15) is 5.11 Å². The van der Waals surface area contributed by atoms with Crippen molar-refractivity contribution in [1.29, 1.82) is 0 Å². The van der Waals surface area contributed by atoms with Crippen LogP contribution in [0.15, 0.2) is 0 Å². The topological polar surface area (TPSA) is 32.7 Å². The highest BCUT2D eigenvalue weighted by atomic mass is 16.5. The lowest BCUT2D eigenvalue weighted by Gasteiger charge is -2.34. The Hall–Kier alpha value is -0.120. The maximum absolute atomic E-state index is 9.97. The lowest BCUT2D eigenvalue weighted by atomic mass is 9.86. The zero-order valence-electron chi connectivity index (χ0n) is 11.0. The van der Waals surface area contributed by atoms with Crippen molar-refractivity contribution in [2.45, 2.75) is 51.7 Å². The molecular formula is C13H27NO2. The van der Waals surface area contributed by atoms with Crippen LogP contribution in [0.1, 0.15) is 39.5 Å². The molecule has 0 radical (unpaired) electrons. The zero-order valence-corrected chi connectivity index (χ0v) is 11.0. The van der Waals surface area contributed by atoms with Crippen LogP contribution in [0.25, 0.3) is 0 Å². The molecule has 0 aromatic heterocycles. The molecule has 1 aliphatic carbocycles. The van der Waals surface area contributed by atoms with E-state index in [1.807, 2.05) is 0 Å². The van der Waals surface area contributed by atoms with Gasteiger partial charge in [-0.3, -0.25) is 4.90 Å². The Kier molecular flexibility index (Phi) is 6.32. The van der Waals surface area contributed by atoms with Crippen molar-refractivity contribution in [3.05, 3.63) is 0 Å². The molecule has 16 heavy (non-hydrogen) atoms. The first-order chi connectivity index (χ1) is 7.65. The number of rotatable bonds is 6. The molecule has 3 heteroatoms. The van der Waals surface area contributed by atoms with E-state index in [1.54, 1.807) is 7.11 Å². The maximum Gasteiger partial charge on any atom is 0.0589 e. The van der Waals surface area contributed by atoms with Gasteiger partial charge in [0.25, 0.3) is 0 Å². The fourth-order valence-electron chi connectivity index (χ4n) is 2.47. The van der Waals surface area contributed by atoms with Gasteiger partial charge < -0.3 is 9.84 Å². The molecule has 0 bridgehead atoms. The van der Waals surface area contributed by atoms with E-state index < -0.39 is 0 Å². The number of nitrogens with zero attached hydrogens (tertiary/aromatic N) is 1. The molecule has 0 aliphatic heterocycles. The van der Waals surface area contributed by atoms with Crippen molar-refractivity contribution in [3.63, 3.8) is 0 Å². The van der Waals surface area contributed by atoms with Crippen molar-refractivity contribution in [1.82, 2.24) is 4.90 Å². The van der Waals surface area contributed by atoms with Crippen molar-refractivity contribution in [2.24, 2.45) is 5.92 Å². The molecule has 1 saturated carbocycles. The number of aliphatic hydroxyl groups excluding tert-OH is 1. The fourth-order valence-corrected chi connectivity index (χ4v) is 2.47. The zero-order chi connectivity index (χ0) is 12.0. The minimum atomic E-state index is -0.0856. The summed E-state index contributed by atoms with van der Waals surface area (Å²) in [6.45, 7) is 7.19. The molecule has 3 nitrogen and oxygen atoms in total. The molecule has 0 heterocycles. The maximum atomic E-state index is 9.97. The SMILES string of the molecule is COCCN(CC1CCCCC1O)C(C)C. The second-order valence-corrected chi connectivity index (χ2v) is 5.19. The number of hydrogen-bond acceptors (Lipinski definition) is 3. The molecule has 0 spiro atoms. The van der Waals surface area contributed by atoms with Gasteiger partial charge in [-0.25, -0.2) is 0 Å². The van der Waals surface area contributed by atoms with Gasteiger partial charge in [0.15, 0.2) is 0 Å². The number of hydrogen-bond donors (Lipinski definition) is 1. The van der Waals surface area contributed by atoms with Crippen molar-refractivity contribution in [2.75, 3.05) is 26.8 Å². The third-order valence-corrected chi connectivity index (χ3v) is 3.65. The van der Waals surface area contributed by atoms with Gasteiger partial charge in [-0.15, -0.1) is 0 Å². The predicted octanol–water partition coefficient (Wildman–Crippen LogP) is 1.89. The van der Waals surface area contributed by atoms with Gasteiger partial charge in [0.2, 0.25) is 0 Å². The highest BCUT2D eigenvalue weighted by Gasteiger charge is 2.25. The van der Waals surface area contributed by atoms with E-state index >= 15 is 0 Å². The third kappa shape index (κ3) is 4.40. The Morgan fingerprint density at radius 3 is 2.56 bits per heavy atom. The van der Waals surface area contributed by atoms with E-state index in [-0.39, 0.29) is 6.10 Å². The monoisotopic (exact) mass is 229 g/mol. The van der Waals surface area contributed by atoms with Crippen LogP contribution in [0, 0.1) is 5.92 Å². The summed E-state index contributed by atoms with van der Waals surface area (Å²) in [6, 6.07) is 0.532. The summed E-state index contributed by atoms with van der Waals surface area (Å²) in [7, 11) is 1.74. The molecule has 0 saturated heterocycles. The second-order valence-electron chi connectivity index (χ2n) is 5.19. The van der Waals surface area contributed by atoms with Gasteiger partial charge in [0.1, 0.15) is 0 Å². The second kappa shape index (κ2) is 7.25. The average Bonchev–Trinajstić information content (AvgIpc) is 2.26. The molecule has 0 aromatic rings. The van der Waals surface area contributed by atoms with E-state index in [0.717, 1.165) is 26.1 Å². The molecule has 1 aliphatic rings. The summed E-state index contributed by atoms with van der Waals surface area (Å²) < 4.78 is 5.13. The van der Waals surface area contributed by atoms with Gasteiger partial charge in [0, 0.05) is 26.2 Å². The first kappa shape index (κ1) is 13.9. The van der Waals surface area contributed by atoms with E-state index in [0.29, 0.717) is 12.0 Å². The molecule has 2 atom stereocenters. The van der Waals surface area contributed by atoms with Crippen LogP contribution in [0.3, 0.4) is 0 Å². The van der Waals surface area contributed by atoms with Crippen LogP contribution in [-0.4, -0.2) is 49.0 Å². The van der Waals surface area contributed by atoms with E-state index in [1.165, 1.54) is 19.3 Å².